The van der Waals surface area contributed by atoms with Crippen molar-refractivity contribution < 1.29 is 9.59 Å². The average molecular weight is 527 g/mol. The van der Waals surface area contributed by atoms with Crippen LogP contribution in [0.4, 0.5) is 5.69 Å². The Morgan fingerprint density at radius 3 is 2.45 bits per heavy atom. The maximum Gasteiger partial charge on any atom is 0.253 e. The van der Waals surface area contributed by atoms with E-state index in [9.17, 15) is 9.59 Å². The minimum Gasteiger partial charge on any atom is -0.342 e. The number of hydrogen-bond donors (Lipinski definition) is 2. The summed E-state index contributed by atoms with van der Waals surface area (Å²) in [6.45, 7) is 3.93. The number of anilines is 1. The number of benzene rings is 2. The maximum atomic E-state index is 12.8. The maximum absolute atomic E-state index is 12.8. The number of nitrogens with zero attached hydrogens (tertiary/aromatic N) is 3. The number of rotatable bonds is 8. The van der Waals surface area contributed by atoms with Gasteiger partial charge in [-0.15, -0.1) is 10.2 Å². The number of hydrogen-bond acceptors (Lipinski definition) is 5. The van der Waals surface area contributed by atoms with Crippen molar-refractivity contribution in [3.05, 3.63) is 68.9 Å². The van der Waals surface area contributed by atoms with Gasteiger partial charge in [-0.1, -0.05) is 66.5 Å². The first kappa shape index (κ1) is 25.4. The molecule has 174 valence electrons. The van der Waals surface area contributed by atoms with E-state index in [0.717, 1.165) is 0 Å². The van der Waals surface area contributed by atoms with Crippen LogP contribution in [0, 0.1) is 5.92 Å². The summed E-state index contributed by atoms with van der Waals surface area (Å²) >= 11 is 19.3. The molecule has 0 saturated heterocycles. The van der Waals surface area contributed by atoms with Crippen molar-refractivity contribution in [2.45, 2.75) is 25.0 Å². The fourth-order valence-corrected chi connectivity index (χ4v) is 4.44. The van der Waals surface area contributed by atoms with Crippen molar-refractivity contribution in [2.24, 2.45) is 13.0 Å². The summed E-state index contributed by atoms with van der Waals surface area (Å²) < 4.78 is 1.77. The first-order valence-electron chi connectivity index (χ1n) is 9.99. The van der Waals surface area contributed by atoms with Gasteiger partial charge >= 0.3 is 0 Å². The molecule has 0 aliphatic rings. The van der Waals surface area contributed by atoms with Crippen LogP contribution in [0.15, 0.2) is 47.6 Å². The van der Waals surface area contributed by atoms with Crippen molar-refractivity contribution in [1.29, 1.82) is 0 Å². The summed E-state index contributed by atoms with van der Waals surface area (Å²) in [4.78, 5) is 25.1. The Bertz CT molecular complexity index is 1170. The standard InChI is InChI=1S/C22H22Cl3N5O2S/c1-12(2)19(27-21(32)16-8-7-14(24)10-17(16)25)20-28-29-22(30(20)3)33-11-18(31)26-15-6-4-5-13(23)9-15/h4-10,12,19H,11H2,1-3H3,(H,26,31)(H,27,32)/t19-/m0/s1. The molecule has 0 spiro atoms. The van der Waals surface area contributed by atoms with E-state index in [4.69, 9.17) is 34.8 Å². The van der Waals surface area contributed by atoms with Gasteiger partial charge in [0.2, 0.25) is 5.91 Å². The molecule has 2 aromatic carbocycles. The molecule has 2 N–H and O–H groups in total. The first-order valence-corrected chi connectivity index (χ1v) is 12.1. The molecule has 1 heterocycles. The summed E-state index contributed by atoms with van der Waals surface area (Å²) in [5.74, 6) is 0.192. The molecule has 0 bridgehead atoms. The smallest absolute Gasteiger partial charge is 0.253 e. The number of carbonyl (C=O) groups excluding carboxylic acids is 2. The molecule has 1 aromatic heterocycles. The molecule has 1 atom stereocenters. The zero-order valence-electron chi connectivity index (χ0n) is 18.1. The number of aromatic nitrogens is 3. The Morgan fingerprint density at radius 1 is 1.06 bits per heavy atom. The molecule has 11 heteroatoms. The SMILES string of the molecule is CC(C)[C@H](NC(=O)c1ccc(Cl)cc1Cl)c1nnc(SCC(=O)Nc2cccc(Cl)c2)n1C. The fraction of sp³-hybridized carbons (Fsp3) is 0.273. The van der Waals surface area contributed by atoms with Crippen LogP contribution in [0.3, 0.4) is 0 Å². The predicted octanol–water partition coefficient (Wildman–Crippen LogP) is 5.63. The number of halogens is 3. The summed E-state index contributed by atoms with van der Waals surface area (Å²) in [7, 11) is 1.79. The van der Waals surface area contributed by atoms with Crippen LogP contribution >= 0.6 is 46.6 Å². The monoisotopic (exact) mass is 525 g/mol. The lowest BCUT2D eigenvalue weighted by Crippen LogP contribution is -2.33. The normalized spacial score (nSPS) is 12.0. The van der Waals surface area contributed by atoms with E-state index in [1.165, 1.54) is 17.8 Å². The Labute approximate surface area is 211 Å². The van der Waals surface area contributed by atoms with Crippen LogP contribution in [0.25, 0.3) is 0 Å². The zero-order chi connectivity index (χ0) is 24.1. The van der Waals surface area contributed by atoms with Gasteiger partial charge in [0.25, 0.3) is 5.91 Å². The molecule has 2 amide bonds. The number of thioether (sulfide) groups is 1. The van der Waals surface area contributed by atoms with Crippen molar-refractivity contribution in [3.63, 3.8) is 0 Å². The van der Waals surface area contributed by atoms with Gasteiger partial charge in [0.05, 0.1) is 22.4 Å². The first-order chi connectivity index (χ1) is 15.7. The van der Waals surface area contributed by atoms with Gasteiger partial charge in [0.15, 0.2) is 11.0 Å². The summed E-state index contributed by atoms with van der Waals surface area (Å²) in [6, 6.07) is 11.2. The second kappa shape index (κ2) is 11.2. The van der Waals surface area contributed by atoms with E-state index >= 15 is 0 Å². The molecule has 0 fully saturated rings. The fourth-order valence-electron chi connectivity index (χ4n) is 3.04. The zero-order valence-corrected chi connectivity index (χ0v) is 21.2. The van der Waals surface area contributed by atoms with E-state index in [1.807, 2.05) is 13.8 Å². The van der Waals surface area contributed by atoms with Crippen LogP contribution in [-0.2, 0) is 11.8 Å². The molecule has 0 radical (unpaired) electrons. The molecular formula is C22H22Cl3N5O2S. The summed E-state index contributed by atoms with van der Waals surface area (Å²) in [6.07, 6.45) is 0. The third-order valence-corrected chi connectivity index (χ3v) is 6.52. The molecule has 0 aliphatic heterocycles. The highest BCUT2D eigenvalue weighted by molar-refractivity contribution is 7.99. The summed E-state index contributed by atoms with van der Waals surface area (Å²) in [5, 5.41) is 16.0. The lowest BCUT2D eigenvalue weighted by atomic mass is 10.0. The van der Waals surface area contributed by atoms with E-state index in [1.54, 1.807) is 48.0 Å². The van der Waals surface area contributed by atoms with Gasteiger partial charge < -0.3 is 15.2 Å². The number of carbonyl (C=O) groups is 2. The molecule has 7 nitrogen and oxygen atoms in total. The van der Waals surface area contributed by atoms with Crippen LogP contribution < -0.4 is 10.6 Å². The highest BCUT2D eigenvalue weighted by Crippen LogP contribution is 2.26. The number of amides is 2. The molecular weight excluding hydrogens is 505 g/mol. The second-order valence-corrected chi connectivity index (χ2v) is 9.79. The quantitative estimate of drug-likeness (QED) is 0.371. The molecule has 33 heavy (non-hydrogen) atoms. The Hall–Kier alpha value is -2.26. The van der Waals surface area contributed by atoms with Gasteiger partial charge in [-0.3, -0.25) is 9.59 Å². The van der Waals surface area contributed by atoms with Crippen LogP contribution in [0.2, 0.25) is 15.1 Å². The average Bonchev–Trinajstić information content (AvgIpc) is 3.10. The van der Waals surface area contributed by atoms with Crippen LogP contribution in [0.5, 0.6) is 0 Å². The van der Waals surface area contributed by atoms with E-state index in [2.05, 4.69) is 20.8 Å². The van der Waals surface area contributed by atoms with E-state index in [-0.39, 0.29) is 28.5 Å². The minimum atomic E-state index is -0.420. The topological polar surface area (TPSA) is 88.9 Å². The van der Waals surface area contributed by atoms with Gasteiger partial charge in [-0.05, 0) is 42.3 Å². The van der Waals surface area contributed by atoms with Gasteiger partial charge in [-0.2, -0.15) is 0 Å². The lowest BCUT2D eigenvalue weighted by molar-refractivity contribution is -0.113. The molecule has 3 rings (SSSR count). The van der Waals surface area contributed by atoms with Crippen LogP contribution in [0.1, 0.15) is 36.1 Å². The molecule has 0 saturated carbocycles. The van der Waals surface area contributed by atoms with Gasteiger partial charge in [0.1, 0.15) is 0 Å². The Balaban J connectivity index is 1.68. The van der Waals surface area contributed by atoms with Crippen molar-refractivity contribution in [2.75, 3.05) is 11.1 Å². The molecule has 3 aromatic rings. The molecule has 0 aliphatic carbocycles. The predicted molar refractivity (Wildman–Crippen MR) is 133 cm³/mol. The van der Waals surface area contributed by atoms with Gasteiger partial charge in [0, 0.05) is 22.8 Å². The third-order valence-electron chi connectivity index (χ3n) is 4.72. The third kappa shape index (κ3) is 6.63. The van der Waals surface area contributed by atoms with Gasteiger partial charge in [-0.25, -0.2) is 0 Å². The molecule has 0 unspecified atom stereocenters. The summed E-state index contributed by atoms with van der Waals surface area (Å²) in [5.41, 5.74) is 0.941. The van der Waals surface area contributed by atoms with E-state index in [0.29, 0.717) is 32.3 Å². The minimum absolute atomic E-state index is 0.0203. The van der Waals surface area contributed by atoms with Crippen molar-refractivity contribution >= 4 is 64.1 Å². The lowest BCUT2D eigenvalue weighted by Gasteiger charge is -2.22. The van der Waals surface area contributed by atoms with Crippen LogP contribution in [-0.4, -0.2) is 32.3 Å². The van der Waals surface area contributed by atoms with E-state index < -0.39 is 6.04 Å². The highest BCUT2D eigenvalue weighted by Gasteiger charge is 2.26. The Morgan fingerprint density at radius 2 is 1.79 bits per heavy atom. The highest BCUT2D eigenvalue weighted by atomic mass is 35.5. The van der Waals surface area contributed by atoms with Crippen molar-refractivity contribution in [3.8, 4) is 0 Å². The number of nitrogens with one attached hydrogen (secondary N) is 2. The largest absolute Gasteiger partial charge is 0.342 e. The Kier molecular flexibility index (Phi) is 8.64. The van der Waals surface area contributed by atoms with Crippen molar-refractivity contribution in [1.82, 2.24) is 20.1 Å². The second-order valence-electron chi connectivity index (χ2n) is 7.57.